The Morgan fingerprint density at radius 2 is 1.94 bits per heavy atom. The van der Waals surface area contributed by atoms with Crippen LogP contribution in [0.1, 0.15) is 24.9 Å². The lowest BCUT2D eigenvalue weighted by molar-refractivity contribution is 0.801. The third kappa shape index (κ3) is 1.50. The zero-order valence-corrected chi connectivity index (χ0v) is 10.1. The Morgan fingerprint density at radius 1 is 1.18 bits per heavy atom. The van der Waals surface area contributed by atoms with Crippen LogP contribution in [0.25, 0.3) is 16.3 Å². The summed E-state index contributed by atoms with van der Waals surface area (Å²) in [6.45, 7) is 4.17. The summed E-state index contributed by atoms with van der Waals surface area (Å²) in [5, 5.41) is 7.20. The SMILES string of the molecule is CCCc1nn2c(C)ncc2c2ccccc12. The molecule has 2 aromatic heterocycles. The minimum atomic E-state index is 0.947. The molecular weight excluding hydrogens is 210 g/mol. The van der Waals surface area contributed by atoms with Crippen molar-refractivity contribution in [1.29, 1.82) is 0 Å². The van der Waals surface area contributed by atoms with E-state index in [2.05, 4.69) is 36.2 Å². The first-order chi connectivity index (χ1) is 8.31. The molecular formula is C14H15N3. The minimum absolute atomic E-state index is 0.947. The van der Waals surface area contributed by atoms with Gasteiger partial charge in [-0.25, -0.2) is 9.50 Å². The summed E-state index contributed by atoms with van der Waals surface area (Å²) in [6, 6.07) is 8.44. The Kier molecular flexibility index (Phi) is 2.32. The van der Waals surface area contributed by atoms with Gasteiger partial charge in [-0.1, -0.05) is 37.6 Å². The monoisotopic (exact) mass is 225 g/mol. The van der Waals surface area contributed by atoms with Gasteiger partial charge in [-0.15, -0.1) is 0 Å². The van der Waals surface area contributed by atoms with Gasteiger partial charge < -0.3 is 0 Å². The van der Waals surface area contributed by atoms with Gasteiger partial charge in [0.05, 0.1) is 17.4 Å². The summed E-state index contributed by atoms with van der Waals surface area (Å²) >= 11 is 0. The average molecular weight is 225 g/mol. The second kappa shape index (κ2) is 3.84. The first-order valence-electron chi connectivity index (χ1n) is 6.03. The fourth-order valence-corrected chi connectivity index (χ4v) is 2.30. The Hall–Kier alpha value is -1.90. The Balaban J connectivity index is 2.47. The van der Waals surface area contributed by atoms with Gasteiger partial charge in [-0.2, -0.15) is 5.10 Å². The standard InChI is InChI=1S/C14H15N3/c1-3-6-13-11-7-4-5-8-12(11)14-9-15-10(2)17(14)16-13/h4-5,7-9H,3,6H2,1-2H3. The number of rotatable bonds is 2. The topological polar surface area (TPSA) is 30.2 Å². The van der Waals surface area contributed by atoms with E-state index >= 15 is 0 Å². The third-order valence-electron chi connectivity index (χ3n) is 3.13. The second-order valence-electron chi connectivity index (χ2n) is 4.34. The molecule has 0 saturated carbocycles. The van der Waals surface area contributed by atoms with Crippen LogP contribution >= 0.6 is 0 Å². The van der Waals surface area contributed by atoms with Crippen molar-refractivity contribution in [3.05, 3.63) is 42.0 Å². The molecule has 0 N–H and O–H groups in total. The number of imidazole rings is 1. The molecule has 0 spiro atoms. The van der Waals surface area contributed by atoms with E-state index in [0.29, 0.717) is 0 Å². The molecule has 2 heterocycles. The Morgan fingerprint density at radius 3 is 2.71 bits per heavy atom. The summed E-state index contributed by atoms with van der Waals surface area (Å²) < 4.78 is 1.95. The molecule has 1 aromatic carbocycles. The summed E-state index contributed by atoms with van der Waals surface area (Å²) in [6.07, 6.45) is 4.02. The smallest absolute Gasteiger partial charge is 0.127 e. The quantitative estimate of drug-likeness (QED) is 0.670. The molecule has 0 saturated heterocycles. The van der Waals surface area contributed by atoms with Crippen LogP contribution in [0.2, 0.25) is 0 Å². The zero-order valence-electron chi connectivity index (χ0n) is 10.1. The first kappa shape index (κ1) is 10.3. The summed E-state index contributed by atoms with van der Waals surface area (Å²) in [5.41, 5.74) is 2.26. The number of nitrogens with zero attached hydrogens (tertiary/aromatic N) is 3. The van der Waals surface area contributed by atoms with Crippen LogP contribution in [0, 0.1) is 6.92 Å². The fourth-order valence-electron chi connectivity index (χ4n) is 2.30. The maximum absolute atomic E-state index is 4.71. The molecule has 3 heteroatoms. The number of hydrogen-bond acceptors (Lipinski definition) is 2. The van der Waals surface area contributed by atoms with E-state index in [-0.39, 0.29) is 0 Å². The van der Waals surface area contributed by atoms with Crippen LogP contribution in [0.3, 0.4) is 0 Å². The number of benzene rings is 1. The average Bonchev–Trinajstić information content (AvgIpc) is 2.72. The molecule has 3 nitrogen and oxygen atoms in total. The Bertz CT molecular complexity index is 682. The van der Waals surface area contributed by atoms with E-state index in [1.165, 1.54) is 10.8 Å². The molecule has 0 aliphatic rings. The van der Waals surface area contributed by atoms with Gasteiger partial charge >= 0.3 is 0 Å². The predicted molar refractivity (Wildman–Crippen MR) is 69.2 cm³/mol. The van der Waals surface area contributed by atoms with E-state index in [1.54, 1.807) is 0 Å². The summed E-state index contributed by atoms with van der Waals surface area (Å²) in [7, 11) is 0. The van der Waals surface area contributed by atoms with E-state index in [9.17, 15) is 0 Å². The molecule has 0 amide bonds. The molecule has 3 rings (SSSR count). The van der Waals surface area contributed by atoms with Crippen molar-refractivity contribution in [2.24, 2.45) is 0 Å². The van der Waals surface area contributed by atoms with Gasteiger partial charge in [0.1, 0.15) is 5.82 Å². The zero-order chi connectivity index (χ0) is 11.8. The number of hydrogen-bond donors (Lipinski definition) is 0. The van der Waals surface area contributed by atoms with Crippen molar-refractivity contribution in [1.82, 2.24) is 14.6 Å². The predicted octanol–water partition coefficient (Wildman–Crippen LogP) is 3.14. The van der Waals surface area contributed by atoms with Gasteiger partial charge in [-0.05, 0) is 13.3 Å². The number of aromatic nitrogens is 3. The van der Waals surface area contributed by atoms with Crippen LogP contribution < -0.4 is 0 Å². The van der Waals surface area contributed by atoms with E-state index in [4.69, 9.17) is 5.10 Å². The number of fused-ring (bicyclic) bond motifs is 3. The van der Waals surface area contributed by atoms with Crippen LogP contribution in [0.5, 0.6) is 0 Å². The van der Waals surface area contributed by atoms with Crippen LogP contribution in [0.4, 0.5) is 0 Å². The molecule has 0 unspecified atom stereocenters. The van der Waals surface area contributed by atoms with Crippen LogP contribution in [0.15, 0.2) is 30.5 Å². The highest BCUT2D eigenvalue weighted by Gasteiger charge is 2.09. The molecule has 0 aliphatic carbocycles. The van der Waals surface area contributed by atoms with Gasteiger partial charge in [-0.3, -0.25) is 0 Å². The van der Waals surface area contributed by atoms with E-state index in [1.807, 2.05) is 17.6 Å². The normalized spacial score (nSPS) is 11.4. The molecule has 0 fully saturated rings. The van der Waals surface area contributed by atoms with Crippen molar-refractivity contribution >= 4 is 16.3 Å². The maximum atomic E-state index is 4.71. The van der Waals surface area contributed by atoms with Crippen molar-refractivity contribution in [2.75, 3.05) is 0 Å². The van der Waals surface area contributed by atoms with Gasteiger partial charge in [0.15, 0.2) is 0 Å². The van der Waals surface area contributed by atoms with Crippen molar-refractivity contribution in [3.8, 4) is 0 Å². The highest BCUT2D eigenvalue weighted by atomic mass is 15.3. The molecule has 86 valence electrons. The third-order valence-corrected chi connectivity index (χ3v) is 3.13. The second-order valence-corrected chi connectivity index (χ2v) is 4.34. The highest BCUT2D eigenvalue weighted by molar-refractivity contribution is 5.96. The van der Waals surface area contributed by atoms with E-state index < -0.39 is 0 Å². The van der Waals surface area contributed by atoms with Crippen LogP contribution in [-0.4, -0.2) is 14.6 Å². The molecule has 0 atom stereocenters. The summed E-state index contributed by atoms with van der Waals surface area (Å²) in [5.74, 6) is 0.947. The largest absolute Gasteiger partial charge is 0.239 e. The molecule has 3 aromatic rings. The molecule has 0 bridgehead atoms. The number of aryl methyl sites for hydroxylation is 2. The first-order valence-corrected chi connectivity index (χ1v) is 6.03. The lowest BCUT2D eigenvalue weighted by Gasteiger charge is -2.07. The lowest BCUT2D eigenvalue weighted by atomic mass is 10.1. The maximum Gasteiger partial charge on any atom is 0.127 e. The highest BCUT2D eigenvalue weighted by Crippen LogP contribution is 2.23. The molecule has 0 radical (unpaired) electrons. The van der Waals surface area contributed by atoms with Crippen LogP contribution in [-0.2, 0) is 6.42 Å². The fraction of sp³-hybridized carbons (Fsp3) is 0.286. The van der Waals surface area contributed by atoms with Crippen molar-refractivity contribution < 1.29 is 0 Å². The Labute approximate surface area is 100 Å². The van der Waals surface area contributed by atoms with Gasteiger partial charge in [0.25, 0.3) is 0 Å². The van der Waals surface area contributed by atoms with Gasteiger partial charge in [0, 0.05) is 10.8 Å². The minimum Gasteiger partial charge on any atom is -0.239 e. The summed E-state index contributed by atoms with van der Waals surface area (Å²) in [4.78, 5) is 4.35. The van der Waals surface area contributed by atoms with Crippen molar-refractivity contribution in [3.63, 3.8) is 0 Å². The molecule has 0 aliphatic heterocycles. The van der Waals surface area contributed by atoms with E-state index in [0.717, 1.165) is 29.9 Å². The molecule has 17 heavy (non-hydrogen) atoms. The van der Waals surface area contributed by atoms with Crippen molar-refractivity contribution in [2.45, 2.75) is 26.7 Å². The van der Waals surface area contributed by atoms with Gasteiger partial charge in [0.2, 0.25) is 0 Å². The lowest BCUT2D eigenvalue weighted by Crippen LogP contribution is -2.01.